The highest BCUT2D eigenvalue weighted by molar-refractivity contribution is 6.35. The van der Waals surface area contributed by atoms with Crippen LogP contribution in [0.1, 0.15) is 37.0 Å². The molecule has 0 aliphatic carbocycles. The van der Waals surface area contributed by atoms with Gasteiger partial charge in [0.2, 0.25) is 0 Å². The van der Waals surface area contributed by atoms with Crippen LogP contribution in [0.4, 0.5) is 0 Å². The summed E-state index contributed by atoms with van der Waals surface area (Å²) in [7, 11) is 1.85. The van der Waals surface area contributed by atoms with Gasteiger partial charge in [-0.2, -0.15) is 0 Å². The molecule has 0 spiro atoms. The fraction of sp³-hybridized carbons (Fsp3) is 0.455. The molecule has 80 valence electrons. The van der Waals surface area contributed by atoms with E-state index in [1.54, 1.807) is 0 Å². The lowest BCUT2D eigenvalue weighted by atomic mass is 9.94. The molecule has 1 rings (SSSR count). The summed E-state index contributed by atoms with van der Waals surface area (Å²) in [5.74, 6) is -0.358. The molecule has 0 radical (unpaired) electrons. The predicted octanol–water partition coefficient (Wildman–Crippen LogP) is 0.604. The molecule has 0 amide bonds. The number of hydrogen-bond acceptors (Lipinski definition) is 3. The summed E-state index contributed by atoms with van der Waals surface area (Å²) in [4.78, 5) is 15.9. The number of esters is 1. The van der Waals surface area contributed by atoms with Crippen molar-refractivity contribution in [3.63, 3.8) is 0 Å². The van der Waals surface area contributed by atoms with Gasteiger partial charge in [-0.05, 0) is 33.8 Å². The zero-order valence-electron chi connectivity index (χ0n) is 9.92. The van der Waals surface area contributed by atoms with Crippen LogP contribution in [0.2, 0.25) is 0 Å². The third-order valence-electron chi connectivity index (χ3n) is 1.83. The van der Waals surface area contributed by atoms with E-state index in [2.05, 4.69) is 4.98 Å². The summed E-state index contributed by atoms with van der Waals surface area (Å²) < 4.78 is 5.26. The largest absolute Gasteiger partial charge is 0.455 e. The van der Waals surface area contributed by atoms with Crippen molar-refractivity contribution < 1.29 is 9.53 Å². The van der Waals surface area contributed by atoms with Crippen LogP contribution in [-0.2, 0) is 4.74 Å². The highest BCUT2D eigenvalue weighted by Crippen LogP contribution is 2.09. The quantitative estimate of drug-likeness (QED) is 0.498. The Morgan fingerprint density at radius 3 is 2.53 bits per heavy atom. The van der Waals surface area contributed by atoms with Crippen molar-refractivity contribution in [2.75, 3.05) is 0 Å². The van der Waals surface area contributed by atoms with E-state index in [9.17, 15) is 4.79 Å². The zero-order chi connectivity index (χ0) is 11.6. The van der Waals surface area contributed by atoms with Crippen LogP contribution in [0, 0.1) is 6.92 Å². The third kappa shape index (κ3) is 3.38. The topological polar surface area (TPSA) is 39.2 Å². The van der Waals surface area contributed by atoms with Gasteiger partial charge in [-0.15, -0.1) is 0 Å². The maximum absolute atomic E-state index is 11.7. The van der Waals surface area contributed by atoms with Gasteiger partial charge in [-0.25, -0.2) is 9.78 Å². The molecule has 0 fully saturated rings. The van der Waals surface area contributed by atoms with Crippen molar-refractivity contribution in [3.05, 3.63) is 23.5 Å². The van der Waals surface area contributed by atoms with Gasteiger partial charge in [-0.3, -0.25) is 0 Å². The number of nitrogens with zero attached hydrogens (tertiary/aromatic N) is 1. The number of aromatic nitrogens is 1. The maximum Gasteiger partial charge on any atom is 0.356 e. The zero-order valence-corrected chi connectivity index (χ0v) is 9.92. The highest BCUT2D eigenvalue weighted by atomic mass is 16.6. The first-order chi connectivity index (χ1) is 6.79. The minimum atomic E-state index is -0.477. The number of rotatable bonds is 1. The first-order valence-electron chi connectivity index (χ1n) is 4.97. The molecular formula is C11H16BNO2. The Morgan fingerprint density at radius 1 is 1.40 bits per heavy atom. The van der Waals surface area contributed by atoms with Crippen molar-refractivity contribution in [1.29, 1.82) is 0 Å². The molecule has 0 N–H and O–H groups in total. The Kier molecular flexibility index (Phi) is 3.17. The van der Waals surface area contributed by atoms with Gasteiger partial charge in [0, 0.05) is 5.69 Å². The summed E-state index contributed by atoms with van der Waals surface area (Å²) in [6.07, 6.45) is 0. The smallest absolute Gasteiger partial charge is 0.356 e. The Balaban J connectivity index is 2.96. The number of carbonyl (C=O) groups is 1. The molecule has 1 aromatic heterocycles. The summed E-state index contributed by atoms with van der Waals surface area (Å²) in [5, 5.41) is 0. The van der Waals surface area contributed by atoms with Crippen LogP contribution in [-0.4, -0.2) is 24.4 Å². The molecule has 0 saturated carbocycles. The van der Waals surface area contributed by atoms with Crippen LogP contribution in [0.5, 0.6) is 0 Å². The van der Waals surface area contributed by atoms with Gasteiger partial charge < -0.3 is 4.74 Å². The third-order valence-corrected chi connectivity index (χ3v) is 1.83. The lowest BCUT2D eigenvalue weighted by molar-refractivity contribution is 0.00644. The first-order valence-corrected chi connectivity index (χ1v) is 4.97. The predicted molar refractivity (Wildman–Crippen MR) is 62.3 cm³/mol. The van der Waals surface area contributed by atoms with E-state index in [1.807, 2.05) is 47.7 Å². The van der Waals surface area contributed by atoms with E-state index in [-0.39, 0.29) is 5.97 Å². The molecule has 0 unspecified atom stereocenters. The number of aryl methyl sites for hydroxylation is 1. The van der Waals surface area contributed by atoms with Crippen molar-refractivity contribution in [2.24, 2.45) is 0 Å². The van der Waals surface area contributed by atoms with E-state index in [0.717, 1.165) is 11.2 Å². The van der Waals surface area contributed by atoms with Gasteiger partial charge in [0.05, 0.1) is 0 Å². The summed E-state index contributed by atoms with van der Waals surface area (Å²) >= 11 is 0. The number of ether oxygens (including phenoxy) is 1. The molecule has 4 heteroatoms. The molecule has 0 saturated heterocycles. The molecule has 0 atom stereocenters. The molecule has 0 aliphatic heterocycles. The van der Waals surface area contributed by atoms with Gasteiger partial charge >= 0.3 is 5.97 Å². The van der Waals surface area contributed by atoms with E-state index in [4.69, 9.17) is 4.74 Å². The fourth-order valence-corrected chi connectivity index (χ4v) is 1.16. The van der Waals surface area contributed by atoms with Crippen LogP contribution < -0.4 is 5.46 Å². The van der Waals surface area contributed by atoms with Gasteiger partial charge in [0.25, 0.3) is 0 Å². The van der Waals surface area contributed by atoms with Gasteiger partial charge in [0.15, 0.2) is 0 Å². The van der Waals surface area contributed by atoms with E-state index >= 15 is 0 Å². The SMILES string of the molecule is Bc1ccc(C)nc1C(=O)OC(C)(C)C. The molecule has 0 bridgehead atoms. The average Bonchev–Trinajstić information content (AvgIpc) is 2.06. The number of carbonyl (C=O) groups excluding carboxylic acids is 1. The van der Waals surface area contributed by atoms with Crippen molar-refractivity contribution in [2.45, 2.75) is 33.3 Å². The van der Waals surface area contributed by atoms with Crippen LogP contribution in [0.3, 0.4) is 0 Å². The number of hydrogen-bond donors (Lipinski definition) is 0. The summed E-state index contributed by atoms with van der Waals surface area (Å²) in [6.45, 7) is 7.38. The molecule has 1 aromatic rings. The minimum Gasteiger partial charge on any atom is -0.455 e. The van der Waals surface area contributed by atoms with Crippen LogP contribution >= 0.6 is 0 Å². The monoisotopic (exact) mass is 205 g/mol. The van der Waals surface area contributed by atoms with Crippen LogP contribution in [0.15, 0.2) is 12.1 Å². The fourth-order valence-electron chi connectivity index (χ4n) is 1.16. The van der Waals surface area contributed by atoms with Crippen molar-refractivity contribution >= 4 is 19.3 Å². The van der Waals surface area contributed by atoms with E-state index in [1.165, 1.54) is 0 Å². The lowest BCUT2D eigenvalue weighted by Gasteiger charge is -2.19. The molecule has 0 aromatic carbocycles. The first kappa shape index (κ1) is 11.8. The summed E-state index contributed by atoms with van der Waals surface area (Å²) in [6, 6.07) is 3.75. The Hall–Kier alpha value is -1.32. The second-order valence-electron chi connectivity index (χ2n) is 4.62. The molecule has 15 heavy (non-hydrogen) atoms. The van der Waals surface area contributed by atoms with Gasteiger partial charge in [0.1, 0.15) is 19.1 Å². The number of pyridine rings is 1. The minimum absolute atomic E-state index is 0.358. The standard InChI is InChI=1S/C11H16BNO2/c1-7-5-6-8(12)9(13-7)10(14)15-11(2,3)4/h5-6H,12H2,1-4H3. The summed E-state index contributed by atoms with van der Waals surface area (Å²) in [5.41, 5.74) is 1.59. The Bertz CT molecular complexity index is 383. The second-order valence-corrected chi connectivity index (χ2v) is 4.62. The molecule has 3 nitrogen and oxygen atoms in total. The van der Waals surface area contributed by atoms with Crippen LogP contribution in [0.25, 0.3) is 0 Å². The lowest BCUT2D eigenvalue weighted by Crippen LogP contribution is -2.28. The van der Waals surface area contributed by atoms with E-state index < -0.39 is 5.60 Å². The average molecular weight is 205 g/mol. The van der Waals surface area contributed by atoms with E-state index in [0.29, 0.717) is 5.69 Å². The van der Waals surface area contributed by atoms with Crippen molar-refractivity contribution in [3.8, 4) is 0 Å². The van der Waals surface area contributed by atoms with Crippen molar-refractivity contribution in [1.82, 2.24) is 4.98 Å². The molecular weight excluding hydrogens is 189 g/mol. The van der Waals surface area contributed by atoms with Gasteiger partial charge in [-0.1, -0.05) is 11.5 Å². The Labute approximate surface area is 91.3 Å². The molecule has 0 aliphatic rings. The molecule has 1 heterocycles. The normalized spacial score (nSPS) is 11.2. The second kappa shape index (κ2) is 4.05. The highest BCUT2D eigenvalue weighted by Gasteiger charge is 2.20. The Morgan fingerprint density at radius 2 is 2.00 bits per heavy atom. The maximum atomic E-state index is 11.7.